The van der Waals surface area contributed by atoms with Gasteiger partial charge in [-0.15, -0.1) is 6.42 Å². The molecular weight excluding hydrogens is 546 g/mol. The fourth-order valence-electron chi connectivity index (χ4n) is 4.03. The van der Waals surface area contributed by atoms with Crippen molar-refractivity contribution >= 4 is 23.7 Å². The molecule has 0 aliphatic rings. The van der Waals surface area contributed by atoms with Crippen LogP contribution in [-0.4, -0.2) is 95.8 Å². The van der Waals surface area contributed by atoms with E-state index >= 15 is 0 Å². The van der Waals surface area contributed by atoms with Gasteiger partial charge in [0, 0.05) is 0 Å². The minimum Gasteiger partial charge on any atom is -0.480 e. The number of aliphatic hydroxyl groups is 2. The van der Waals surface area contributed by atoms with Crippen molar-refractivity contribution in [3.63, 3.8) is 0 Å². The van der Waals surface area contributed by atoms with Crippen LogP contribution in [0.5, 0.6) is 0 Å². The lowest BCUT2D eigenvalue weighted by molar-refractivity contribution is -0.140. The Hall–Kier alpha value is -3.58. The number of rotatable bonds is 22. The molecule has 1 rings (SSSR count). The highest BCUT2D eigenvalue weighted by Crippen LogP contribution is 2.06. The van der Waals surface area contributed by atoms with Crippen LogP contribution in [0.3, 0.4) is 0 Å². The van der Waals surface area contributed by atoms with Crippen LogP contribution in [0, 0.1) is 12.3 Å². The van der Waals surface area contributed by atoms with Gasteiger partial charge in [-0.2, -0.15) is 0 Å². The van der Waals surface area contributed by atoms with E-state index in [2.05, 4.69) is 26.6 Å². The zero-order chi connectivity index (χ0) is 31.3. The molecule has 14 heteroatoms. The normalized spacial score (nSPS) is 14.5. The van der Waals surface area contributed by atoms with Gasteiger partial charge in [0.25, 0.3) is 5.91 Å². The predicted octanol–water partition coefficient (Wildman–Crippen LogP) is -2.52. The summed E-state index contributed by atoms with van der Waals surface area (Å²) in [6.07, 6.45) is 5.53. The molecule has 0 aromatic heterocycles. The van der Waals surface area contributed by atoms with Gasteiger partial charge in [0.05, 0.1) is 19.1 Å². The second-order valence-corrected chi connectivity index (χ2v) is 9.73. The number of carboxylic acid groups (broad SMARTS) is 1. The first kappa shape index (κ1) is 36.4. The molecule has 3 amide bonds. The summed E-state index contributed by atoms with van der Waals surface area (Å²) >= 11 is 0. The van der Waals surface area contributed by atoms with Crippen LogP contribution in [0.25, 0.3) is 0 Å². The highest BCUT2D eigenvalue weighted by molar-refractivity contribution is 5.96. The van der Waals surface area contributed by atoms with E-state index in [0.29, 0.717) is 45.2 Å². The lowest BCUT2D eigenvalue weighted by atomic mass is 10.0. The maximum atomic E-state index is 13.0. The number of aliphatic carboxylic acids is 1. The fraction of sp³-hybridized carbons (Fsp3) is 0.571. The minimum absolute atomic E-state index is 0.165. The Kier molecular flexibility index (Phi) is 18.4. The monoisotopic (exact) mass is 591 g/mol. The van der Waals surface area contributed by atoms with Crippen molar-refractivity contribution in [2.75, 3.05) is 26.2 Å². The molecule has 0 spiro atoms. The Morgan fingerprint density at radius 3 is 1.79 bits per heavy atom. The number of nitrogens with two attached hydrogens (primary N) is 2. The molecule has 234 valence electrons. The SMILES string of the molecule is C#CC(=O)NC(CCCCN)C(=O)NCC(O)NC(Cc1ccccc1)C(=O)NCC(O)NC(CCCCN)C(=O)O. The van der Waals surface area contributed by atoms with Crippen molar-refractivity contribution in [3.8, 4) is 12.3 Å². The van der Waals surface area contributed by atoms with Crippen molar-refractivity contribution in [2.24, 2.45) is 11.5 Å². The number of hydrogen-bond donors (Lipinski definition) is 10. The quantitative estimate of drug-likeness (QED) is 0.0383. The van der Waals surface area contributed by atoms with Crippen molar-refractivity contribution in [1.29, 1.82) is 0 Å². The van der Waals surface area contributed by atoms with Gasteiger partial charge in [-0.1, -0.05) is 36.8 Å². The number of amides is 3. The second kappa shape index (κ2) is 21.2. The van der Waals surface area contributed by atoms with E-state index in [4.69, 9.17) is 17.9 Å². The van der Waals surface area contributed by atoms with E-state index in [-0.39, 0.29) is 25.9 Å². The van der Waals surface area contributed by atoms with Gasteiger partial charge in [0.2, 0.25) is 11.8 Å². The first-order valence-corrected chi connectivity index (χ1v) is 14.0. The van der Waals surface area contributed by atoms with Crippen LogP contribution in [0.1, 0.15) is 44.1 Å². The molecule has 0 fully saturated rings. The van der Waals surface area contributed by atoms with Gasteiger partial charge in [0.1, 0.15) is 24.5 Å². The molecule has 0 saturated carbocycles. The summed E-state index contributed by atoms with van der Waals surface area (Å²) in [6.45, 7) is 0.267. The Bertz CT molecular complexity index is 1010. The molecule has 1 aromatic rings. The molecule has 5 unspecified atom stereocenters. The molecule has 5 atom stereocenters. The number of terminal acetylenes is 1. The molecule has 1 aromatic carbocycles. The Labute approximate surface area is 246 Å². The van der Waals surface area contributed by atoms with E-state index < -0.39 is 54.3 Å². The highest BCUT2D eigenvalue weighted by atomic mass is 16.4. The summed E-state index contributed by atoms with van der Waals surface area (Å²) in [7, 11) is 0. The Morgan fingerprint density at radius 1 is 0.786 bits per heavy atom. The summed E-state index contributed by atoms with van der Waals surface area (Å²) in [4.78, 5) is 48.9. The van der Waals surface area contributed by atoms with Crippen molar-refractivity contribution < 1.29 is 34.5 Å². The van der Waals surface area contributed by atoms with Crippen LogP contribution in [-0.2, 0) is 25.6 Å². The van der Waals surface area contributed by atoms with Gasteiger partial charge in [0.15, 0.2) is 0 Å². The van der Waals surface area contributed by atoms with Crippen LogP contribution in [0.4, 0.5) is 0 Å². The molecule has 12 N–H and O–H groups in total. The molecule has 0 aliphatic heterocycles. The average Bonchev–Trinajstić information content (AvgIpc) is 2.97. The van der Waals surface area contributed by atoms with E-state index in [1.54, 1.807) is 24.3 Å². The van der Waals surface area contributed by atoms with Gasteiger partial charge in [-0.25, -0.2) is 0 Å². The first-order valence-electron chi connectivity index (χ1n) is 14.0. The van der Waals surface area contributed by atoms with Crippen LogP contribution >= 0.6 is 0 Å². The first-order chi connectivity index (χ1) is 20.1. The Morgan fingerprint density at radius 2 is 1.29 bits per heavy atom. The number of aliphatic hydroxyl groups excluding tert-OH is 2. The molecule has 0 bridgehead atoms. The third kappa shape index (κ3) is 15.4. The molecule has 14 nitrogen and oxygen atoms in total. The van der Waals surface area contributed by atoms with Crippen LogP contribution in [0.2, 0.25) is 0 Å². The van der Waals surface area contributed by atoms with E-state index in [1.807, 2.05) is 12.0 Å². The maximum absolute atomic E-state index is 13.0. The maximum Gasteiger partial charge on any atom is 0.320 e. The predicted molar refractivity (Wildman–Crippen MR) is 156 cm³/mol. The average molecular weight is 592 g/mol. The number of carboxylic acids is 1. The Balaban J connectivity index is 2.79. The minimum atomic E-state index is -1.36. The van der Waals surface area contributed by atoms with Gasteiger partial charge >= 0.3 is 5.97 Å². The van der Waals surface area contributed by atoms with Crippen LogP contribution < -0.4 is 38.1 Å². The smallest absolute Gasteiger partial charge is 0.320 e. The van der Waals surface area contributed by atoms with E-state index in [1.165, 1.54) is 0 Å². The topological polar surface area (TPSA) is 241 Å². The van der Waals surface area contributed by atoms with E-state index in [0.717, 1.165) is 5.56 Å². The van der Waals surface area contributed by atoms with Crippen molar-refractivity contribution in [1.82, 2.24) is 26.6 Å². The third-order valence-corrected chi connectivity index (χ3v) is 6.27. The molecular formula is C28H45N7O7. The number of unbranched alkanes of at least 4 members (excludes halogenated alkanes) is 2. The number of carbonyl (C=O) groups is 4. The van der Waals surface area contributed by atoms with Crippen molar-refractivity contribution in [3.05, 3.63) is 35.9 Å². The van der Waals surface area contributed by atoms with Crippen LogP contribution in [0.15, 0.2) is 30.3 Å². The lowest BCUT2D eigenvalue weighted by Gasteiger charge is -2.25. The molecule has 0 heterocycles. The van der Waals surface area contributed by atoms with Gasteiger partial charge in [-0.05, 0) is 63.1 Å². The van der Waals surface area contributed by atoms with E-state index in [9.17, 15) is 34.5 Å². The molecule has 0 aliphatic carbocycles. The summed E-state index contributed by atoms with van der Waals surface area (Å²) < 4.78 is 0. The summed E-state index contributed by atoms with van der Waals surface area (Å²) in [5.74, 6) is -1.11. The summed E-state index contributed by atoms with van der Waals surface area (Å²) in [5.41, 5.74) is 11.7. The number of benzene rings is 1. The number of hydrogen-bond acceptors (Lipinski definition) is 10. The highest BCUT2D eigenvalue weighted by Gasteiger charge is 2.25. The molecule has 0 radical (unpaired) electrons. The summed E-state index contributed by atoms with van der Waals surface area (Å²) in [6, 6.07) is 6.07. The van der Waals surface area contributed by atoms with Gasteiger partial charge < -0.3 is 42.7 Å². The molecule has 42 heavy (non-hydrogen) atoms. The third-order valence-electron chi connectivity index (χ3n) is 6.27. The number of carbonyl (C=O) groups excluding carboxylic acids is 3. The standard InChI is InChI=1S/C28H45N7O7/c1-2-23(36)33-20(12-6-8-14-29)26(39)31-18-25(38)35-22(16-19-10-4-3-5-11-19)27(40)32-17-24(37)34-21(28(41)42)13-7-9-15-30/h1,3-5,10-11,20-22,24-25,34-35,37-38H,6-9,12-18,29-30H2,(H,31,39)(H,32,40)(H,33,36)(H,41,42). The largest absolute Gasteiger partial charge is 0.480 e. The fourth-order valence-corrected chi connectivity index (χ4v) is 4.03. The zero-order valence-electron chi connectivity index (χ0n) is 23.8. The van der Waals surface area contributed by atoms with Crippen molar-refractivity contribution in [2.45, 2.75) is 75.5 Å². The summed E-state index contributed by atoms with van der Waals surface area (Å²) in [5, 5.41) is 43.2. The van der Waals surface area contributed by atoms with Gasteiger partial charge in [-0.3, -0.25) is 29.8 Å². The second-order valence-electron chi connectivity index (χ2n) is 9.73. The molecule has 0 saturated heterocycles. The zero-order valence-corrected chi connectivity index (χ0v) is 23.8. The lowest BCUT2D eigenvalue weighted by Crippen LogP contribution is -2.56. The number of nitrogens with one attached hydrogen (secondary N) is 5.